The Morgan fingerprint density at radius 1 is 1.27 bits per heavy atom. The number of nitrogens with one attached hydrogen (secondary N) is 1. The zero-order valence-corrected chi connectivity index (χ0v) is 15.1. The molecule has 1 spiro atoms. The molecule has 3 heterocycles. The van der Waals surface area contributed by atoms with E-state index in [-0.39, 0.29) is 35.7 Å². The highest BCUT2D eigenvalue weighted by atomic mass is 16.6. The molecule has 1 amide bonds. The summed E-state index contributed by atoms with van der Waals surface area (Å²) in [5.74, 6) is 0.321. The molecule has 4 rings (SSSR count). The fourth-order valence-electron chi connectivity index (χ4n) is 4.86. The summed E-state index contributed by atoms with van der Waals surface area (Å²) in [7, 11) is 0. The lowest BCUT2D eigenvalue weighted by Crippen LogP contribution is -2.47. The molecule has 26 heavy (non-hydrogen) atoms. The molecule has 1 aliphatic carbocycles. The number of rotatable bonds is 2. The normalized spacial score (nSPS) is 25.7. The van der Waals surface area contributed by atoms with Gasteiger partial charge < -0.3 is 14.6 Å². The highest BCUT2D eigenvalue weighted by Crippen LogP contribution is 2.46. The van der Waals surface area contributed by atoms with Crippen LogP contribution in [0.25, 0.3) is 0 Å². The molecule has 1 N–H and O–H groups in total. The molecule has 0 bridgehead atoms. The third-order valence-electron chi connectivity index (χ3n) is 6.18. The van der Waals surface area contributed by atoms with Gasteiger partial charge in [0, 0.05) is 25.1 Å². The first-order valence-corrected chi connectivity index (χ1v) is 9.55. The second kappa shape index (κ2) is 6.52. The van der Waals surface area contributed by atoms with Crippen LogP contribution in [0.4, 0.5) is 0 Å². The number of esters is 1. The molecule has 1 atom stereocenters. The van der Waals surface area contributed by atoms with Crippen LogP contribution in [0.1, 0.15) is 62.4 Å². The number of hydrogen-bond donors (Lipinski definition) is 1. The van der Waals surface area contributed by atoms with Crippen molar-refractivity contribution in [2.45, 2.75) is 63.4 Å². The number of carbonyl (C=O) groups excluding carboxylic acids is 2. The number of ether oxygens (including phenoxy) is 1. The molecule has 1 aromatic heterocycles. The minimum atomic E-state index is -0.545. The van der Waals surface area contributed by atoms with Crippen molar-refractivity contribution in [3.63, 3.8) is 0 Å². The summed E-state index contributed by atoms with van der Waals surface area (Å²) < 4.78 is 5.62. The predicted octanol–water partition coefficient (Wildman–Crippen LogP) is 1.66. The molecule has 3 aliphatic rings. The second-order valence-electron chi connectivity index (χ2n) is 7.86. The summed E-state index contributed by atoms with van der Waals surface area (Å²) in [5, 5.41) is 0. The van der Waals surface area contributed by atoms with Crippen molar-refractivity contribution in [2.24, 2.45) is 5.92 Å². The third kappa shape index (κ3) is 3.04. The topological polar surface area (TPSA) is 92.4 Å². The molecule has 0 aromatic carbocycles. The molecule has 0 unspecified atom stereocenters. The van der Waals surface area contributed by atoms with Gasteiger partial charge in [-0.1, -0.05) is 0 Å². The van der Waals surface area contributed by atoms with Gasteiger partial charge >= 0.3 is 5.97 Å². The fourth-order valence-corrected chi connectivity index (χ4v) is 4.86. The number of piperidine rings is 1. The highest BCUT2D eigenvalue weighted by molar-refractivity contribution is 5.88. The maximum absolute atomic E-state index is 13.1. The third-order valence-corrected chi connectivity index (χ3v) is 6.18. The van der Waals surface area contributed by atoms with E-state index in [0.717, 1.165) is 44.2 Å². The van der Waals surface area contributed by atoms with Crippen molar-refractivity contribution in [2.75, 3.05) is 13.1 Å². The first kappa shape index (κ1) is 17.2. The van der Waals surface area contributed by atoms with Crippen molar-refractivity contribution in [3.8, 4) is 0 Å². The van der Waals surface area contributed by atoms with Crippen molar-refractivity contribution in [1.29, 1.82) is 0 Å². The summed E-state index contributed by atoms with van der Waals surface area (Å²) in [6.07, 6.45) is 5.45. The Bertz CT molecular complexity index is 773. The van der Waals surface area contributed by atoms with Gasteiger partial charge in [-0.05, 0) is 45.4 Å². The second-order valence-corrected chi connectivity index (χ2v) is 7.86. The molecule has 1 aromatic rings. The van der Waals surface area contributed by atoms with Crippen molar-refractivity contribution in [1.82, 2.24) is 14.9 Å². The lowest BCUT2D eigenvalue weighted by Gasteiger charge is -2.36. The average molecular weight is 359 g/mol. The lowest BCUT2D eigenvalue weighted by atomic mass is 9.83. The number of amides is 1. The van der Waals surface area contributed by atoms with E-state index in [0.29, 0.717) is 18.9 Å². The molecule has 1 saturated carbocycles. The van der Waals surface area contributed by atoms with Gasteiger partial charge in [0.25, 0.3) is 5.56 Å². The van der Waals surface area contributed by atoms with Gasteiger partial charge in [0.05, 0.1) is 18.0 Å². The van der Waals surface area contributed by atoms with Crippen LogP contribution in [-0.4, -0.2) is 45.4 Å². The molecule has 140 valence electrons. The van der Waals surface area contributed by atoms with Crippen LogP contribution < -0.4 is 5.56 Å². The van der Waals surface area contributed by atoms with E-state index in [1.165, 1.54) is 0 Å². The van der Waals surface area contributed by atoms with E-state index >= 15 is 0 Å². The standard InChI is InChI=1S/C19H25N3O4/c1-12-20-15(11-16(23)21-12)13-4-8-22(9-5-13)18(25)14-10-17(24)26-19(14)6-2-3-7-19/h11,13-14H,2-10H2,1H3,(H,20,21,23)/t14-/m0/s1. The molecule has 3 fully saturated rings. The number of aryl methyl sites for hydroxylation is 1. The largest absolute Gasteiger partial charge is 0.458 e. The smallest absolute Gasteiger partial charge is 0.307 e. The highest BCUT2D eigenvalue weighted by Gasteiger charge is 2.54. The van der Waals surface area contributed by atoms with E-state index in [2.05, 4.69) is 9.97 Å². The summed E-state index contributed by atoms with van der Waals surface area (Å²) >= 11 is 0. The van der Waals surface area contributed by atoms with Crippen molar-refractivity contribution >= 4 is 11.9 Å². The molecule has 7 heteroatoms. The SMILES string of the molecule is Cc1nc(C2CCN(C(=O)[C@@H]3CC(=O)OC34CCCC4)CC2)cc(=O)[nH]1. The van der Waals surface area contributed by atoms with Crippen LogP contribution in [0, 0.1) is 12.8 Å². The summed E-state index contributed by atoms with van der Waals surface area (Å²) in [4.78, 5) is 45.6. The minimum Gasteiger partial charge on any atom is -0.458 e. The maximum Gasteiger partial charge on any atom is 0.307 e. The van der Waals surface area contributed by atoms with Crippen LogP contribution >= 0.6 is 0 Å². The summed E-state index contributed by atoms with van der Waals surface area (Å²) in [6, 6.07) is 1.56. The molecular weight excluding hydrogens is 334 g/mol. The Morgan fingerprint density at radius 2 is 1.96 bits per heavy atom. The number of nitrogens with zero attached hydrogens (tertiary/aromatic N) is 2. The summed E-state index contributed by atoms with van der Waals surface area (Å²) in [5.41, 5.74) is 0.136. The van der Waals surface area contributed by atoms with Crippen LogP contribution in [0.3, 0.4) is 0 Å². The zero-order valence-electron chi connectivity index (χ0n) is 15.1. The van der Waals surface area contributed by atoms with E-state index in [9.17, 15) is 14.4 Å². The van der Waals surface area contributed by atoms with E-state index in [4.69, 9.17) is 4.74 Å². The molecule has 2 aliphatic heterocycles. The predicted molar refractivity (Wildman–Crippen MR) is 93.5 cm³/mol. The first-order valence-electron chi connectivity index (χ1n) is 9.55. The van der Waals surface area contributed by atoms with Crippen molar-refractivity contribution in [3.05, 3.63) is 27.9 Å². The molecule has 7 nitrogen and oxygen atoms in total. The first-order chi connectivity index (χ1) is 12.5. The zero-order chi connectivity index (χ0) is 18.3. The van der Waals surface area contributed by atoms with Gasteiger partial charge in [-0.3, -0.25) is 14.4 Å². The number of aromatic amines is 1. The number of likely N-dealkylation sites (tertiary alicyclic amines) is 1. The monoisotopic (exact) mass is 359 g/mol. The molecule has 0 radical (unpaired) electrons. The van der Waals surface area contributed by atoms with Gasteiger partial charge in [0.15, 0.2) is 0 Å². The number of hydrogen-bond acceptors (Lipinski definition) is 5. The van der Waals surface area contributed by atoms with Crippen LogP contribution in [-0.2, 0) is 14.3 Å². The van der Waals surface area contributed by atoms with Gasteiger partial charge in [0.1, 0.15) is 11.4 Å². The van der Waals surface area contributed by atoms with Crippen LogP contribution in [0.2, 0.25) is 0 Å². The number of H-pyrrole nitrogens is 1. The van der Waals surface area contributed by atoms with Crippen LogP contribution in [0.5, 0.6) is 0 Å². The number of aromatic nitrogens is 2. The quantitative estimate of drug-likeness (QED) is 0.811. The van der Waals surface area contributed by atoms with E-state index in [1.54, 1.807) is 13.0 Å². The van der Waals surface area contributed by atoms with Gasteiger partial charge in [-0.25, -0.2) is 4.98 Å². The Kier molecular flexibility index (Phi) is 4.32. The number of carbonyl (C=O) groups is 2. The van der Waals surface area contributed by atoms with Gasteiger partial charge in [0.2, 0.25) is 5.91 Å². The lowest BCUT2D eigenvalue weighted by molar-refractivity contribution is -0.152. The molecular formula is C19H25N3O4. The minimum absolute atomic E-state index is 0.0613. The fraction of sp³-hybridized carbons (Fsp3) is 0.684. The van der Waals surface area contributed by atoms with Crippen molar-refractivity contribution < 1.29 is 14.3 Å². The van der Waals surface area contributed by atoms with E-state index < -0.39 is 5.60 Å². The van der Waals surface area contributed by atoms with Gasteiger partial charge in [-0.15, -0.1) is 0 Å². The Hall–Kier alpha value is -2.18. The Labute approximate surface area is 152 Å². The Balaban J connectivity index is 1.43. The van der Waals surface area contributed by atoms with Crippen LogP contribution in [0.15, 0.2) is 10.9 Å². The van der Waals surface area contributed by atoms with E-state index in [1.807, 2.05) is 4.90 Å². The van der Waals surface area contributed by atoms with Gasteiger partial charge in [-0.2, -0.15) is 0 Å². The average Bonchev–Trinajstić information content (AvgIpc) is 3.20. The maximum atomic E-state index is 13.1. The Morgan fingerprint density at radius 3 is 2.62 bits per heavy atom. The molecule has 2 saturated heterocycles. The summed E-state index contributed by atoms with van der Waals surface area (Å²) in [6.45, 7) is 3.05.